The topological polar surface area (TPSA) is 32.7 Å². The van der Waals surface area contributed by atoms with E-state index in [9.17, 15) is 5.11 Å². The first-order chi connectivity index (χ1) is 7.27. The molecule has 1 fully saturated rings. The van der Waals surface area contributed by atoms with Crippen LogP contribution in [0.5, 0.6) is 0 Å². The normalized spacial score (nSPS) is 27.4. The number of β-amino-alcohol motifs (C(OH)–C–C–N with tert-alkyl or cyclic N) is 1. The molecule has 1 aliphatic rings. The quantitative estimate of drug-likeness (QED) is 0.655. The van der Waals surface area contributed by atoms with Crippen molar-refractivity contribution < 1.29 is 9.84 Å². The molecule has 2 atom stereocenters. The number of aliphatic hydroxyl groups excluding tert-OH is 1. The lowest BCUT2D eigenvalue weighted by Gasteiger charge is -2.23. The van der Waals surface area contributed by atoms with Crippen LogP contribution in [0.25, 0.3) is 0 Å². The highest BCUT2D eigenvalue weighted by atomic mass is 16.5. The summed E-state index contributed by atoms with van der Waals surface area (Å²) in [5, 5.41) is 9.64. The smallest absolute Gasteiger partial charge is 0.0682 e. The van der Waals surface area contributed by atoms with Gasteiger partial charge in [0.2, 0.25) is 0 Å². The van der Waals surface area contributed by atoms with Crippen LogP contribution in [0.15, 0.2) is 0 Å². The molecule has 0 bridgehead atoms. The molecular weight excluding hydrogens is 190 g/mol. The van der Waals surface area contributed by atoms with E-state index in [-0.39, 0.29) is 6.10 Å². The van der Waals surface area contributed by atoms with Crippen LogP contribution in [0.3, 0.4) is 0 Å². The molecule has 0 spiro atoms. The second-order valence-corrected chi connectivity index (χ2v) is 4.38. The summed E-state index contributed by atoms with van der Waals surface area (Å²) < 4.78 is 5.36. The molecular formula is C12H25NO2. The Balaban J connectivity index is 2.25. The van der Waals surface area contributed by atoms with E-state index in [0.717, 1.165) is 32.7 Å². The molecule has 0 unspecified atom stereocenters. The number of hydrogen-bond acceptors (Lipinski definition) is 3. The summed E-state index contributed by atoms with van der Waals surface area (Å²) in [6.07, 6.45) is 4.56. The van der Waals surface area contributed by atoms with E-state index in [1.165, 1.54) is 19.3 Å². The summed E-state index contributed by atoms with van der Waals surface area (Å²) in [5.74, 6) is 0. The van der Waals surface area contributed by atoms with Gasteiger partial charge in [-0.25, -0.2) is 0 Å². The summed E-state index contributed by atoms with van der Waals surface area (Å²) >= 11 is 0. The lowest BCUT2D eigenvalue weighted by molar-refractivity contribution is 0.101. The van der Waals surface area contributed by atoms with Crippen LogP contribution in [0.1, 0.15) is 39.5 Å². The van der Waals surface area contributed by atoms with Crippen molar-refractivity contribution in [3.8, 4) is 0 Å². The fourth-order valence-corrected chi connectivity index (χ4v) is 2.30. The second kappa shape index (κ2) is 7.20. The molecule has 0 aliphatic carbocycles. The van der Waals surface area contributed by atoms with Gasteiger partial charge in [-0.2, -0.15) is 0 Å². The number of ether oxygens (including phenoxy) is 1. The summed E-state index contributed by atoms with van der Waals surface area (Å²) in [4.78, 5) is 2.38. The van der Waals surface area contributed by atoms with E-state index in [1.807, 2.05) is 6.92 Å². The van der Waals surface area contributed by atoms with E-state index < -0.39 is 0 Å². The maximum Gasteiger partial charge on any atom is 0.0682 e. The zero-order valence-electron chi connectivity index (χ0n) is 10.1. The lowest BCUT2D eigenvalue weighted by atomic mass is 10.1. The van der Waals surface area contributed by atoms with Gasteiger partial charge in [-0.1, -0.05) is 19.8 Å². The third-order valence-electron chi connectivity index (χ3n) is 3.12. The highest BCUT2D eigenvalue weighted by molar-refractivity contribution is 4.84. The van der Waals surface area contributed by atoms with E-state index in [4.69, 9.17) is 4.74 Å². The number of likely N-dealkylation sites (tertiary alicyclic amines) is 1. The number of rotatable bonds is 7. The maximum atomic E-state index is 9.64. The largest absolute Gasteiger partial charge is 0.392 e. The van der Waals surface area contributed by atoms with Gasteiger partial charge in [0.15, 0.2) is 0 Å². The van der Waals surface area contributed by atoms with Crippen molar-refractivity contribution in [2.24, 2.45) is 0 Å². The van der Waals surface area contributed by atoms with Crippen molar-refractivity contribution in [1.29, 1.82) is 0 Å². The van der Waals surface area contributed by atoms with E-state index in [0.29, 0.717) is 6.04 Å². The van der Waals surface area contributed by atoms with Crippen molar-refractivity contribution in [3.05, 3.63) is 0 Å². The molecule has 0 aromatic heterocycles. The molecule has 1 heterocycles. The third-order valence-corrected chi connectivity index (χ3v) is 3.12. The van der Waals surface area contributed by atoms with Crippen molar-refractivity contribution >= 4 is 0 Å². The van der Waals surface area contributed by atoms with E-state index >= 15 is 0 Å². The minimum atomic E-state index is -0.117. The minimum Gasteiger partial charge on any atom is -0.392 e. The van der Waals surface area contributed by atoms with Crippen LogP contribution >= 0.6 is 0 Å². The number of aliphatic hydroxyl groups is 1. The molecule has 0 aromatic rings. The Morgan fingerprint density at radius 1 is 1.40 bits per heavy atom. The van der Waals surface area contributed by atoms with Gasteiger partial charge in [0, 0.05) is 25.7 Å². The zero-order valence-corrected chi connectivity index (χ0v) is 10.1. The van der Waals surface area contributed by atoms with Crippen LogP contribution in [0, 0.1) is 0 Å². The van der Waals surface area contributed by atoms with Crippen LogP contribution in [0.4, 0.5) is 0 Å². The predicted molar refractivity (Wildman–Crippen MR) is 62.0 cm³/mol. The number of hydrogen-bond donors (Lipinski definition) is 1. The molecule has 3 nitrogen and oxygen atoms in total. The van der Waals surface area contributed by atoms with Crippen LogP contribution in [-0.2, 0) is 4.74 Å². The number of unbranched alkanes of at least 4 members (excludes halogenated alkanes) is 1. The van der Waals surface area contributed by atoms with E-state index in [2.05, 4.69) is 11.8 Å². The molecule has 1 N–H and O–H groups in total. The molecule has 15 heavy (non-hydrogen) atoms. The average Bonchev–Trinajstić information content (AvgIpc) is 2.56. The molecule has 3 heteroatoms. The summed E-state index contributed by atoms with van der Waals surface area (Å²) in [6, 6.07) is 0.584. The summed E-state index contributed by atoms with van der Waals surface area (Å²) in [6.45, 7) is 7.63. The van der Waals surface area contributed by atoms with Crippen LogP contribution in [-0.4, -0.2) is 48.5 Å². The Bertz CT molecular complexity index is 164. The number of nitrogens with zero attached hydrogens (tertiary/aromatic N) is 1. The SMILES string of the molecule is CCCC[C@H]1C[C@@H](O)CN1CCOCC. The molecule has 90 valence electrons. The standard InChI is InChI=1S/C12H25NO2/c1-3-5-6-11-9-12(14)10-13(11)7-8-15-4-2/h11-12,14H,3-10H2,1-2H3/t11-,12+/m0/s1. The molecule has 0 amide bonds. The highest BCUT2D eigenvalue weighted by Gasteiger charge is 2.29. The van der Waals surface area contributed by atoms with Gasteiger partial charge in [-0.05, 0) is 19.8 Å². The fraction of sp³-hybridized carbons (Fsp3) is 1.00. The summed E-state index contributed by atoms with van der Waals surface area (Å²) in [5.41, 5.74) is 0. The van der Waals surface area contributed by atoms with Crippen molar-refractivity contribution in [1.82, 2.24) is 4.90 Å². The average molecular weight is 215 g/mol. The lowest BCUT2D eigenvalue weighted by Crippen LogP contribution is -2.33. The first kappa shape index (κ1) is 12.9. The second-order valence-electron chi connectivity index (χ2n) is 4.38. The maximum absolute atomic E-state index is 9.64. The van der Waals surface area contributed by atoms with Crippen LogP contribution < -0.4 is 0 Å². The van der Waals surface area contributed by atoms with E-state index in [1.54, 1.807) is 0 Å². The van der Waals surface area contributed by atoms with Crippen molar-refractivity contribution in [2.75, 3.05) is 26.3 Å². The first-order valence-electron chi connectivity index (χ1n) is 6.27. The van der Waals surface area contributed by atoms with Crippen LogP contribution in [0.2, 0.25) is 0 Å². The molecule has 0 saturated carbocycles. The Labute approximate surface area is 93.4 Å². The minimum absolute atomic E-state index is 0.117. The monoisotopic (exact) mass is 215 g/mol. The molecule has 0 radical (unpaired) electrons. The molecule has 0 aromatic carbocycles. The van der Waals surface area contributed by atoms with Crippen molar-refractivity contribution in [2.45, 2.75) is 51.7 Å². The Morgan fingerprint density at radius 2 is 2.20 bits per heavy atom. The van der Waals surface area contributed by atoms with Gasteiger partial charge in [0.05, 0.1) is 12.7 Å². The third kappa shape index (κ3) is 4.49. The van der Waals surface area contributed by atoms with Gasteiger partial charge in [0.1, 0.15) is 0 Å². The van der Waals surface area contributed by atoms with Gasteiger partial charge in [0.25, 0.3) is 0 Å². The predicted octanol–water partition coefficient (Wildman–Crippen LogP) is 1.65. The van der Waals surface area contributed by atoms with Gasteiger partial charge in [-0.3, -0.25) is 4.90 Å². The summed E-state index contributed by atoms with van der Waals surface area (Å²) in [7, 11) is 0. The zero-order chi connectivity index (χ0) is 11.1. The van der Waals surface area contributed by atoms with Crippen molar-refractivity contribution in [3.63, 3.8) is 0 Å². The molecule has 1 rings (SSSR count). The Hall–Kier alpha value is -0.120. The van der Waals surface area contributed by atoms with Gasteiger partial charge >= 0.3 is 0 Å². The molecule has 1 aliphatic heterocycles. The fourth-order valence-electron chi connectivity index (χ4n) is 2.30. The van der Waals surface area contributed by atoms with Gasteiger partial charge < -0.3 is 9.84 Å². The Morgan fingerprint density at radius 3 is 2.87 bits per heavy atom. The van der Waals surface area contributed by atoms with Gasteiger partial charge in [-0.15, -0.1) is 0 Å². The molecule has 1 saturated heterocycles. The highest BCUT2D eigenvalue weighted by Crippen LogP contribution is 2.21. The first-order valence-corrected chi connectivity index (χ1v) is 6.27. The Kier molecular flexibility index (Phi) is 6.22.